The molecule has 1 aromatic heterocycles. The number of rotatable bonds is 11. The third kappa shape index (κ3) is 5.34. The summed E-state index contributed by atoms with van der Waals surface area (Å²) in [5.41, 5.74) is 6.14. The van der Waals surface area contributed by atoms with Gasteiger partial charge in [0.25, 0.3) is 5.95 Å². The summed E-state index contributed by atoms with van der Waals surface area (Å²) >= 11 is 0. The summed E-state index contributed by atoms with van der Waals surface area (Å²) in [6.45, 7) is 28.0. The van der Waals surface area contributed by atoms with E-state index in [9.17, 15) is 9.90 Å². The summed E-state index contributed by atoms with van der Waals surface area (Å²) in [6, 6.07) is -0.165. The molecule has 6 rings (SSSR count). The van der Waals surface area contributed by atoms with Crippen LogP contribution in [-0.2, 0) is 14.3 Å². The second-order valence-corrected chi connectivity index (χ2v) is 19.3. The minimum atomic E-state index is -0.625. The first-order valence-electron chi connectivity index (χ1n) is 19.8. The summed E-state index contributed by atoms with van der Waals surface area (Å²) in [7, 11) is 0. The van der Waals surface area contributed by atoms with Gasteiger partial charge < -0.3 is 25.6 Å². The van der Waals surface area contributed by atoms with Crippen LogP contribution in [0.1, 0.15) is 127 Å². The lowest BCUT2D eigenvalue weighted by Crippen LogP contribution is -2.69. The van der Waals surface area contributed by atoms with Gasteiger partial charge in [0.05, 0.1) is 31.8 Å². The molecule has 2 bridgehead atoms. The molecule has 1 saturated heterocycles. The van der Waals surface area contributed by atoms with Crippen LogP contribution in [0.4, 0.5) is 5.95 Å². The van der Waals surface area contributed by atoms with Gasteiger partial charge >= 0.3 is 5.97 Å². The first-order chi connectivity index (χ1) is 23.3. The third-order valence-corrected chi connectivity index (χ3v) is 16.4. The lowest BCUT2D eigenvalue weighted by atomic mass is 9.34. The zero-order chi connectivity index (χ0) is 36.7. The smallest absolute Gasteiger partial charge is 0.307 e. The van der Waals surface area contributed by atoms with E-state index in [0.29, 0.717) is 49.4 Å². The van der Waals surface area contributed by atoms with Crippen molar-refractivity contribution in [1.29, 1.82) is 0 Å². The first-order valence-corrected chi connectivity index (χ1v) is 19.8. The van der Waals surface area contributed by atoms with E-state index in [1.807, 2.05) is 0 Å². The quantitative estimate of drug-likeness (QED) is 0.205. The molecular weight excluding hydrogens is 628 g/mol. The van der Waals surface area contributed by atoms with Crippen molar-refractivity contribution >= 4 is 11.9 Å². The van der Waals surface area contributed by atoms with E-state index >= 15 is 0 Å². The van der Waals surface area contributed by atoms with E-state index in [-0.39, 0.29) is 50.7 Å². The number of nitrogens with zero attached hydrogens (tertiary/aromatic N) is 4. The molecule has 12 atom stereocenters. The number of anilines is 1. The van der Waals surface area contributed by atoms with Crippen LogP contribution >= 0.6 is 0 Å². The highest BCUT2D eigenvalue weighted by molar-refractivity contribution is 5.73. The van der Waals surface area contributed by atoms with Crippen LogP contribution in [0.15, 0.2) is 11.6 Å². The fourth-order valence-corrected chi connectivity index (χ4v) is 12.6. The summed E-state index contributed by atoms with van der Waals surface area (Å²) in [6.07, 6.45) is 9.03. The molecule has 0 aromatic carbocycles. The van der Waals surface area contributed by atoms with Crippen LogP contribution in [0.5, 0.6) is 0 Å². The van der Waals surface area contributed by atoms with Crippen molar-refractivity contribution in [3.8, 4) is 0 Å². The van der Waals surface area contributed by atoms with Crippen LogP contribution in [0.2, 0.25) is 0 Å². The number of allylic oxidation sites excluding steroid dienone is 1. The average molecular weight is 697 g/mol. The summed E-state index contributed by atoms with van der Waals surface area (Å²) in [4.78, 5) is 15.2. The molecule has 2 heterocycles. The van der Waals surface area contributed by atoms with Gasteiger partial charge in [0.1, 0.15) is 6.04 Å². The molecule has 10 heteroatoms. The van der Waals surface area contributed by atoms with Crippen molar-refractivity contribution in [3.63, 3.8) is 0 Å². The predicted molar refractivity (Wildman–Crippen MR) is 196 cm³/mol. The molecule has 0 amide bonds. The number of tetrazole rings is 1. The van der Waals surface area contributed by atoms with E-state index in [4.69, 9.17) is 15.2 Å². The lowest BCUT2D eigenvalue weighted by Gasteiger charge is -2.71. The summed E-state index contributed by atoms with van der Waals surface area (Å²) < 4.78 is 13.9. The van der Waals surface area contributed by atoms with Crippen LogP contribution in [0, 0.1) is 62.6 Å². The highest BCUT2D eigenvalue weighted by Gasteiger charge is 2.72. The monoisotopic (exact) mass is 697 g/mol. The molecule has 1 aliphatic heterocycles. The number of carboxylic acids is 1. The summed E-state index contributed by atoms with van der Waals surface area (Å²) in [5.74, 6) is 0.894. The maximum atomic E-state index is 13.5. The Hall–Kier alpha value is -2.04. The molecule has 4 fully saturated rings. The van der Waals surface area contributed by atoms with Gasteiger partial charge in [-0.2, -0.15) is 4.80 Å². The summed E-state index contributed by atoms with van der Waals surface area (Å²) in [5, 5.41) is 28.1. The molecule has 0 radical (unpaired) electrons. The molecule has 4 N–H and O–H groups in total. The number of nitrogen functional groups attached to an aromatic ring is 1. The number of nitrogens with two attached hydrogens (primary N) is 1. The number of aliphatic carboxylic acids is 1. The number of carboxylic acid groups (broad SMARTS) is 1. The Labute approximate surface area is 301 Å². The maximum Gasteiger partial charge on any atom is 0.307 e. The molecule has 4 aliphatic carbocycles. The van der Waals surface area contributed by atoms with Gasteiger partial charge in [-0.25, -0.2) is 0 Å². The van der Waals surface area contributed by atoms with Crippen LogP contribution in [0.3, 0.4) is 0 Å². The molecule has 0 spiro atoms. The molecule has 1 aromatic rings. The zero-order valence-electron chi connectivity index (χ0n) is 33.0. The van der Waals surface area contributed by atoms with Gasteiger partial charge in [-0.3, -0.25) is 4.79 Å². The molecule has 10 nitrogen and oxygen atoms in total. The minimum Gasteiger partial charge on any atom is -0.481 e. The molecular formula is C40H68N6O4. The number of aromatic nitrogens is 4. The van der Waals surface area contributed by atoms with Crippen LogP contribution < -0.4 is 11.1 Å². The van der Waals surface area contributed by atoms with Crippen molar-refractivity contribution in [1.82, 2.24) is 25.5 Å². The Morgan fingerprint density at radius 3 is 2.46 bits per heavy atom. The Balaban J connectivity index is 1.42. The molecule has 282 valence electrons. The van der Waals surface area contributed by atoms with E-state index in [1.165, 1.54) is 5.57 Å². The second kappa shape index (κ2) is 12.8. The number of hydrogen-bond acceptors (Lipinski definition) is 8. The average Bonchev–Trinajstić information content (AvgIpc) is 3.48. The van der Waals surface area contributed by atoms with Crippen molar-refractivity contribution < 1.29 is 19.4 Å². The number of carbonyl (C=O) groups is 1. The zero-order valence-corrected chi connectivity index (χ0v) is 33.0. The number of nitrogens with one attached hydrogen (secondary N) is 1. The lowest BCUT2D eigenvalue weighted by molar-refractivity contribution is -0.254. The maximum absolute atomic E-state index is 13.5. The molecule has 5 aliphatic rings. The van der Waals surface area contributed by atoms with Gasteiger partial charge in [-0.15, -0.1) is 5.10 Å². The standard InChI is InChI=1S/C40H68N6O4/c1-12-19-42-39(11,25(4)5)22-50-32-29(46-44-34(41)43-45-46)20-40-23-49-21-36(32,8)30(40)14-13-27-28(40)15-16-38(10)31(33(47)48)35(7,26(6)24(2)3)17-18-37(27,38)9/h15,24-27,29-32,42H,12-14,16-23H2,1-11H3,(H2,41,44)(H,47,48)/t26-,27+,29-,30+,31-,32+,35-,36+,37-,38+,39-,40?/m1/s1. The van der Waals surface area contributed by atoms with E-state index in [1.54, 1.807) is 4.80 Å². The largest absolute Gasteiger partial charge is 0.481 e. The number of hydrogen-bond donors (Lipinski definition) is 3. The second-order valence-electron chi connectivity index (χ2n) is 19.3. The predicted octanol–water partition coefficient (Wildman–Crippen LogP) is 7.18. The van der Waals surface area contributed by atoms with Crippen LogP contribution in [-0.4, -0.2) is 69.3 Å². The van der Waals surface area contributed by atoms with E-state index < -0.39 is 11.9 Å². The molecule has 3 saturated carbocycles. The Bertz CT molecular complexity index is 1460. The van der Waals surface area contributed by atoms with Gasteiger partial charge in [-0.1, -0.05) is 86.0 Å². The SMILES string of the molecule is CCCN[C@](C)(CO[C@H]1[C@H](n2nnc(N)n2)CC23COC[C@@]1(C)[C@@H]2CC[C@H]1C3=CC[C@@]2(C)[C@H](C(=O)O)[C@@](C)([C@H](C)C(C)C)CC[C@]12C)C(C)C. The normalized spacial score (nSPS) is 43.0. The van der Waals surface area contributed by atoms with Gasteiger partial charge in [-0.05, 0) is 109 Å². The number of fused-ring (bicyclic) bond motifs is 3. The van der Waals surface area contributed by atoms with Gasteiger partial charge in [0, 0.05) is 16.4 Å². The van der Waals surface area contributed by atoms with Crippen molar-refractivity contribution in [2.24, 2.45) is 62.6 Å². The minimum absolute atomic E-state index is 0.146. The van der Waals surface area contributed by atoms with E-state index in [2.05, 4.69) is 103 Å². The number of ether oxygens (including phenoxy) is 2. The topological polar surface area (TPSA) is 137 Å². The molecule has 1 unspecified atom stereocenters. The Morgan fingerprint density at radius 1 is 1.14 bits per heavy atom. The first kappa shape index (κ1) is 37.7. The fraction of sp³-hybridized carbons (Fsp3) is 0.900. The van der Waals surface area contributed by atoms with Crippen molar-refractivity contribution in [3.05, 3.63) is 11.6 Å². The molecule has 50 heavy (non-hydrogen) atoms. The van der Waals surface area contributed by atoms with Gasteiger partial charge in [0.15, 0.2) is 0 Å². The van der Waals surface area contributed by atoms with Crippen molar-refractivity contribution in [2.75, 3.05) is 32.1 Å². The third-order valence-electron chi connectivity index (χ3n) is 16.4. The van der Waals surface area contributed by atoms with E-state index in [0.717, 1.165) is 51.5 Å². The Morgan fingerprint density at radius 2 is 1.86 bits per heavy atom. The van der Waals surface area contributed by atoms with Gasteiger partial charge in [0.2, 0.25) is 0 Å². The highest BCUT2D eigenvalue weighted by atomic mass is 16.5. The highest BCUT2D eigenvalue weighted by Crippen LogP contribution is 2.75. The van der Waals surface area contributed by atoms with Crippen molar-refractivity contribution in [2.45, 2.75) is 139 Å². The van der Waals surface area contributed by atoms with Crippen LogP contribution in [0.25, 0.3) is 0 Å². The fourth-order valence-electron chi connectivity index (χ4n) is 12.6. The Kier molecular flexibility index (Phi) is 9.67.